The average molecular weight is 694 g/mol. The molecule has 3 heteroatoms. The number of nitrogens with zero attached hydrogens (tertiary/aromatic N) is 1. The van der Waals surface area contributed by atoms with E-state index in [2.05, 4.69) is 187 Å². The van der Waals surface area contributed by atoms with Gasteiger partial charge in [0, 0.05) is 53.3 Å². The highest BCUT2D eigenvalue weighted by atomic mass is 32.1. The van der Waals surface area contributed by atoms with Gasteiger partial charge in [0.05, 0.1) is 5.69 Å². The summed E-state index contributed by atoms with van der Waals surface area (Å²) in [5, 5.41) is 9.74. The molecule has 0 N–H and O–H groups in total. The number of fused-ring (bicyclic) bond motifs is 9. The van der Waals surface area contributed by atoms with Crippen LogP contribution in [0.5, 0.6) is 0 Å². The lowest BCUT2D eigenvalue weighted by atomic mass is 9.95. The lowest BCUT2D eigenvalue weighted by Gasteiger charge is -2.29. The van der Waals surface area contributed by atoms with Gasteiger partial charge in [-0.3, -0.25) is 0 Å². The maximum atomic E-state index is 6.62. The molecule has 53 heavy (non-hydrogen) atoms. The first-order chi connectivity index (χ1) is 26.3. The molecule has 0 saturated carbocycles. The molecule has 0 bridgehead atoms. The minimum Gasteiger partial charge on any atom is -0.455 e. The molecule has 0 aliphatic rings. The standard InChI is InChI=1S/C50H31NOS/c1-2-13-32(14-3-1)34-27-35(39-21-12-22-45-42-19-8-10-23-47(42)52-50(39)45)29-37(28-34)51(36-25-26-44-43-20-9-11-24-48(43)53-49(44)31-36)46-30-33-15-4-5-16-38(33)40-17-6-7-18-41(40)46/h1-31H. The minimum atomic E-state index is 0.898. The third-order valence-electron chi connectivity index (χ3n) is 10.6. The molecule has 0 spiro atoms. The van der Waals surface area contributed by atoms with E-state index in [1.54, 1.807) is 0 Å². The Morgan fingerprint density at radius 2 is 1.06 bits per heavy atom. The van der Waals surface area contributed by atoms with Gasteiger partial charge in [-0.15, -0.1) is 11.3 Å². The number of hydrogen-bond acceptors (Lipinski definition) is 3. The van der Waals surface area contributed by atoms with Gasteiger partial charge in [0.2, 0.25) is 0 Å². The van der Waals surface area contributed by atoms with Crippen molar-refractivity contribution < 1.29 is 4.42 Å². The molecule has 9 aromatic carbocycles. The molecule has 0 fully saturated rings. The molecule has 2 nitrogen and oxygen atoms in total. The predicted octanol–water partition coefficient (Wildman–Crippen LogP) is 15.1. The average Bonchev–Trinajstić information content (AvgIpc) is 3.79. The van der Waals surface area contributed by atoms with E-state index < -0.39 is 0 Å². The monoisotopic (exact) mass is 693 g/mol. The van der Waals surface area contributed by atoms with Crippen LogP contribution in [0.1, 0.15) is 0 Å². The van der Waals surface area contributed by atoms with Crippen molar-refractivity contribution in [3.63, 3.8) is 0 Å². The summed E-state index contributed by atoms with van der Waals surface area (Å²) >= 11 is 1.85. The molecule has 11 rings (SSSR count). The highest BCUT2D eigenvalue weighted by Crippen LogP contribution is 2.47. The second-order valence-corrected chi connectivity index (χ2v) is 14.8. The Kier molecular flexibility index (Phi) is 6.76. The molecule has 0 radical (unpaired) electrons. The number of thiophene rings is 1. The lowest BCUT2D eigenvalue weighted by molar-refractivity contribution is 0.670. The van der Waals surface area contributed by atoms with E-state index in [0.717, 1.165) is 61.3 Å². The Morgan fingerprint density at radius 3 is 1.94 bits per heavy atom. The van der Waals surface area contributed by atoms with Crippen molar-refractivity contribution in [3.05, 3.63) is 188 Å². The van der Waals surface area contributed by atoms with Gasteiger partial charge in [-0.25, -0.2) is 0 Å². The molecule has 2 aromatic heterocycles. The Balaban J connectivity index is 1.23. The second-order valence-electron chi connectivity index (χ2n) is 13.7. The Bertz CT molecular complexity index is 3190. The fourth-order valence-corrected chi connectivity index (χ4v) is 9.31. The van der Waals surface area contributed by atoms with Crippen LogP contribution in [-0.4, -0.2) is 0 Å². The van der Waals surface area contributed by atoms with Crippen LogP contribution in [-0.2, 0) is 0 Å². The van der Waals surface area contributed by atoms with Crippen molar-refractivity contribution in [2.24, 2.45) is 0 Å². The van der Waals surface area contributed by atoms with Crippen molar-refractivity contribution in [1.29, 1.82) is 0 Å². The van der Waals surface area contributed by atoms with E-state index in [1.165, 1.54) is 41.7 Å². The minimum absolute atomic E-state index is 0.898. The van der Waals surface area contributed by atoms with Gasteiger partial charge in [-0.1, -0.05) is 140 Å². The number of para-hydroxylation sites is 2. The predicted molar refractivity (Wildman–Crippen MR) is 227 cm³/mol. The van der Waals surface area contributed by atoms with E-state index >= 15 is 0 Å². The van der Waals surface area contributed by atoms with Crippen LogP contribution in [0.4, 0.5) is 17.1 Å². The van der Waals surface area contributed by atoms with Gasteiger partial charge in [-0.2, -0.15) is 0 Å². The van der Waals surface area contributed by atoms with Crippen LogP contribution < -0.4 is 4.90 Å². The molecule has 0 unspecified atom stereocenters. The summed E-state index contributed by atoms with van der Waals surface area (Å²) in [6, 6.07) is 68.1. The van der Waals surface area contributed by atoms with Crippen molar-refractivity contribution in [2.75, 3.05) is 4.90 Å². The zero-order valence-corrected chi connectivity index (χ0v) is 29.5. The number of rotatable bonds is 5. The van der Waals surface area contributed by atoms with E-state index in [9.17, 15) is 0 Å². The molecule has 0 aliphatic carbocycles. The van der Waals surface area contributed by atoms with Gasteiger partial charge in [0.15, 0.2) is 0 Å². The lowest BCUT2D eigenvalue weighted by Crippen LogP contribution is -2.11. The summed E-state index contributed by atoms with van der Waals surface area (Å²) in [6.45, 7) is 0. The summed E-state index contributed by atoms with van der Waals surface area (Å²) in [4.78, 5) is 2.47. The van der Waals surface area contributed by atoms with Gasteiger partial charge < -0.3 is 9.32 Å². The third kappa shape index (κ3) is 4.86. The van der Waals surface area contributed by atoms with Crippen LogP contribution in [0.2, 0.25) is 0 Å². The molecule has 248 valence electrons. The van der Waals surface area contributed by atoms with Crippen molar-refractivity contribution in [1.82, 2.24) is 0 Å². The molecule has 0 aliphatic heterocycles. The van der Waals surface area contributed by atoms with Crippen LogP contribution in [0, 0.1) is 0 Å². The highest BCUT2D eigenvalue weighted by molar-refractivity contribution is 7.25. The molecule has 11 aromatic rings. The third-order valence-corrected chi connectivity index (χ3v) is 11.7. The van der Waals surface area contributed by atoms with E-state index in [0.29, 0.717) is 0 Å². The van der Waals surface area contributed by atoms with Crippen LogP contribution >= 0.6 is 11.3 Å². The zero-order chi connectivity index (χ0) is 34.9. The first kappa shape index (κ1) is 30.0. The van der Waals surface area contributed by atoms with Gasteiger partial charge in [0.1, 0.15) is 11.2 Å². The second kappa shape index (κ2) is 11.9. The summed E-state index contributed by atoms with van der Waals surface area (Å²) in [7, 11) is 0. The van der Waals surface area contributed by atoms with Crippen molar-refractivity contribution in [3.8, 4) is 22.3 Å². The largest absolute Gasteiger partial charge is 0.455 e. The molecular weight excluding hydrogens is 663 g/mol. The fourth-order valence-electron chi connectivity index (χ4n) is 8.17. The summed E-state index contributed by atoms with van der Waals surface area (Å²) in [5.74, 6) is 0. The number of furan rings is 1. The normalized spacial score (nSPS) is 11.8. The van der Waals surface area contributed by atoms with Crippen molar-refractivity contribution in [2.45, 2.75) is 0 Å². The van der Waals surface area contributed by atoms with Crippen LogP contribution in [0.25, 0.3) is 85.9 Å². The number of benzene rings is 9. The first-order valence-corrected chi connectivity index (χ1v) is 18.8. The molecule has 0 amide bonds. The Morgan fingerprint density at radius 1 is 0.377 bits per heavy atom. The molecule has 0 saturated heterocycles. The van der Waals surface area contributed by atoms with Crippen LogP contribution in [0.15, 0.2) is 192 Å². The first-order valence-electron chi connectivity index (χ1n) is 18.0. The topological polar surface area (TPSA) is 16.4 Å². The highest BCUT2D eigenvalue weighted by Gasteiger charge is 2.21. The molecular formula is C50H31NOS. The SMILES string of the molecule is c1ccc(-c2cc(-c3cccc4c3oc3ccccc34)cc(N(c3ccc4c(c3)sc3ccccc34)c3cc4ccccc4c4ccccc34)c2)cc1. The van der Waals surface area contributed by atoms with Crippen LogP contribution in [0.3, 0.4) is 0 Å². The summed E-state index contributed by atoms with van der Waals surface area (Å²) in [6.07, 6.45) is 0. The number of anilines is 3. The van der Waals surface area contributed by atoms with E-state index in [-0.39, 0.29) is 0 Å². The van der Waals surface area contributed by atoms with Gasteiger partial charge in [-0.05, 0) is 81.4 Å². The fraction of sp³-hybridized carbons (Fsp3) is 0. The van der Waals surface area contributed by atoms with Gasteiger partial charge >= 0.3 is 0 Å². The molecule has 2 heterocycles. The summed E-state index contributed by atoms with van der Waals surface area (Å²) < 4.78 is 9.19. The smallest absolute Gasteiger partial charge is 0.143 e. The number of hydrogen-bond donors (Lipinski definition) is 0. The van der Waals surface area contributed by atoms with Gasteiger partial charge in [0.25, 0.3) is 0 Å². The van der Waals surface area contributed by atoms with Crippen molar-refractivity contribution >= 4 is 92.1 Å². The Hall–Kier alpha value is -6.68. The van der Waals surface area contributed by atoms with E-state index in [1.807, 2.05) is 17.4 Å². The maximum Gasteiger partial charge on any atom is 0.143 e. The maximum absolute atomic E-state index is 6.62. The summed E-state index contributed by atoms with van der Waals surface area (Å²) in [5.41, 5.74) is 9.61. The quantitative estimate of drug-likeness (QED) is 0.167. The zero-order valence-electron chi connectivity index (χ0n) is 28.7. The molecule has 0 atom stereocenters. The Labute approximate surface area is 310 Å². The van der Waals surface area contributed by atoms with E-state index in [4.69, 9.17) is 4.42 Å².